The van der Waals surface area contributed by atoms with Crippen LogP contribution in [0.4, 0.5) is 13.2 Å². The Labute approximate surface area is 347 Å². The van der Waals surface area contributed by atoms with E-state index in [1.54, 1.807) is 19.9 Å². The fraction of sp³-hybridized carbons (Fsp3) is 0.756. The molecule has 9 nitrogen and oxygen atoms in total. The molecule has 2 aromatic heterocycles. The molecule has 0 aromatic carbocycles. The number of amides is 2. The van der Waals surface area contributed by atoms with Gasteiger partial charge in [-0.15, -0.1) is 12.8 Å². The van der Waals surface area contributed by atoms with Crippen LogP contribution in [0.15, 0.2) is 18.5 Å². The molecular formula is C45H86F3N7O2. The molecule has 3 rings (SSSR count). The van der Waals surface area contributed by atoms with E-state index in [4.69, 9.17) is 5.41 Å². The number of piperidine rings is 1. The number of H-pyrrole nitrogens is 1. The molecule has 3 heterocycles. The zero-order valence-corrected chi connectivity index (χ0v) is 39.1. The predicted molar refractivity (Wildman–Crippen MR) is 238 cm³/mol. The minimum atomic E-state index is -4.31. The Hall–Kier alpha value is -3.62. The van der Waals surface area contributed by atoms with Crippen LogP contribution in [0, 0.1) is 42.4 Å². The van der Waals surface area contributed by atoms with E-state index in [0.717, 1.165) is 51.3 Å². The van der Waals surface area contributed by atoms with Gasteiger partial charge in [-0.3, -0.25) is 14.3 Å². The Morgan fingerprint density at radius 2 is 1.58 bits per heavy atom. The highest BCUT2D eigenvalue weighted by atomic mass is 19.4. The van der Waals surface area contributed by atoms with Gasteiger partial charge in [0.2, 0.25) is 5.91 Å². The van der Waals surface area contributed by atoms with Crippen LogP contribution in [0.25, 0.3) is 0 Å². The van der Waals surface area contributed by atoms with Gasteiger partial charge in [0.15, 0.2) is 0 Å². The van der Waals surface area contributed by atoms with Crippen molar-refractivity contribution in [3.05, 3.63) is 35.7 Å². The van der Waals surface area contributed by atoms with Crippen molar-refractivity contribution in [3.63, 3.8) is 0 Å². The fourth-order valence-corrected chi connectivity index (χ4v) is 4.19. The maximum absolute atomic E-state index is 13.2. The Morgan fingerprint density at radius 1 is 1.04 bits per heavy atom. The number of aromatic amines is 1. The van der Waals surface area contributed by atoms with Crippen molar-refractivity contribution in [2.24, 2.45) is 17.3 Å². The summed E-state index contributed by atoms with van der Waals surface area (Å²) in [7, 11) is 0. The lowest BCUT2D eigenvalue weighted by atomic mass is 9.85. The van der Waals surface area contributed by atoms with Crippen molar-refractivity contribution in [2.45, 2.75) is 200 Å². The number of hydrogen-bond acceptors (Lipinski definition) is 5. The van der Waals surface area contributed by atoms with Crippen molar-refractivity contribution in [3.8, 4) is 12.8 Å². The highest BCUT2D eigenvalue weighted by Crippen LogP contribution is 2.42. The van der Waals surface area contributed by atoms with Gasteiger partial charge < -0.3 is 21.0 Å². The standard InChI is InChI=1S/C17H24F3N5O.C8H18.C6H11NO.C4H9N.C4H10.2C2H6.C2H2/c1-5-25-14(7-9-22-25)15(26)24-12(13-10-21-11(2)23-13)6-8-16(3,4)17(18,19)20;1-4-6-7-8(3)5-2;1-5-2-3-6(8)7-4-5;1-3-4(2)5;1-3-4-2;3*1-2/h7,9-10,12H,5-6,8H2,1-4H3,(H,21,23)(H,24,26);8H,4-7H2,1-3H3;5H,2-4H2,1H3,(H,7,8);5H,3H2,1-2H3;3-4H2,1-2H3;2*1-2H3;1-2H/t;8-;;;;;;/m.1....../s1. The number of carbonyl (C=O) groups is 2. The molecule has 57 heavy (non-hydrogen) atoms. The van der Waals surface area contributed by atoms with Crippen molar-refractivity contribution >= 4 is 17.5 Å². The number of halogens is 3. The van der Waals surface area contributed by atoms with Gasteiger partial charge in [0.25, 0.3) is 5.91 Å². The Bertz CT molecular complexity index is 1240. The maximum Gasteiger partial charge on any atom is 0.393 e. The first-order chi connectivity index (χ1) is 26.8. The van der Waals surface area contributed by atoms with Gasteiger partial charge in [-0.1, -0.05) is 129 Å². The van der Waals surface area contributed by atoms with Crippen LogP contribution >= 0.6 is 0 Å². The zero-order valence-electron chi connectivity index (χ0n) is 39.1. The third kappa shape index (κ3) is 33.1. The number of imidazole rings is 1. The topological polar surface area (TPSA) is 129 Å². The fourth-order valence-electron chi connectivity index (χ4n) is 4.19. The molecule has 2 aromatic rings. The number of carbonyl (C=O) groups excluding carboxylic acids is 2. The van der Waals surface area contributed by atoms with Gasteiger partial charge in [0.1, 0.15) is 11.5 Å². The number of unbranched alkanes of at least 4 members (excludes halogenated alkanes) is 2. The molecule has 3 atom stereocenters. The van der Waals surface area contributed by atoms with E-state index in [9.17, 15) is 22.8 Å². The van der Waals surface area contributed by atoms with E-state index in [2.05, 4.69) is 80.1 Å². The smallest absolute Gasteiger partial charge is 0.356 e. The maximum atomic E-state index is 13.2. The summed E-state index contributed by atoms with van der Waals surface area (Å²) >= 11 is 0. The molecule has 0 aliphatic carbocycles. The Morgan fingerprint density at radius 3 is 1.93 bits per heavy atom. The van der Waals surface area contributed by atoms with E-state index in [-0.39, 0.29) is 24.7 Å². The second-order valence-corrected chi connectivity index (χ2v) is 14.1. The zero-order chi connectivity index (χ0) is 45.6. The van der Waals surface area contributed by atoms with Crippen LogP contribution in [0.5, 0.6) is 0 Å². The van der Waals surface area contributed by atoms with E-state index >= 15 is 0 Å². The Balaban J connectivity index is -0.000000237. The van der Waals surface area contributed by atoms with Gasteiger partial charge in [-0.2, -0.15) is 18.3 Å². The third-order valence-corrected chi connectivity index (χ3v) is 8.77. The van der Waals surface area contributed by atoms with Crippen LogP contribution in [-0.2, 0) is 11.3 Å². The van der Waals surface area contributed by atoms with Gasteiger partial charge in [-0.25, -0.2) is 4.98 Å². The quantitative estimate of drug-likeness (QED) is 0.119. The average Bonchev–Trinajstić information content (AvgIpc) is 3.88. The minimum Gasteiger partial charge on any atom is -0.356 e. The summed E-state index contributed by atoms with van der Waals surface area (Å²) in [5, 5.41) is 16.4. The van der Waals surface area contributed by atoms with Crippen molar-refractivity contribution < 1.29 is 22.8 Å². The molecule has 1 aliphatic heterocycles. The molecule has 1 aliphatic rings. The SMILES string of the molecule is C#C.CC.CC.CC1CCC(=O)NC1.CCC(C)=N.CCCC.CCCC[C@H](C)CC.CCn1nccc1C(=O)NC(CCC(C)(C)C(F)(F)F)c1cnc(C)[nH]1. The number of nitrogens with one attached hydrogen (secondary N) is 4. The first kappa shape index (κ1) is 62.6. The lowest BCUT2D eigenvalue weighted by Gasteiger charge is -2.29. The van der Waals surface area contributed by atoms with E-state index in [1.807, 2.05) is 41.5 Å². The van der Waals surface area contributed by atoms with Crippen LogP contribution in [0.1, 0.15) is 203 Å². The summed E-state index contributed by atoms with van der Waals surface area (Å²) in [4.78, 5) is 30.2. The number of alkyl halides is 3. The second-order valence-electron chi connectivity index (χ2n) is 14.1. The summed E-state index contributed by atoms with van der Waals surface area (Å²) in [6, 6.07) is 0.971. The van der Waals surface area contributed by atoms with Crippen LogP contribution in [-0.4, -0.2) is 50.0 Å². The van der Waals surface area contributed by atoms with Crippen LogP contribution in [0.3, 0.4) is 0 Å². The molecule has 0 spiro atoms. The number of hydrogen-bond donors (Lipinski definition) is 4. The Kier molecular flexibility index (Phi) is 43.1. The van der Waals surface area contributed by atoms with Crippen LogP contribution < -0.4 is 10.6 Å². The normalized spacial score (nSPS) is 13.8. The number of nitrogens with zero attached hydrogens (tertiary/aromatic N) is 3. The summed E-state index contributed by atoms with van der Waals surface area (Å²) in [5.74, 6) is 2.10. The molecule has 12 heteroatoms. The summed E-state index contributed by atoms with van der Waals surface area (Å²) in [6.45, 7) is 32.5. The van der Waals surface area contributed by atoms with Gasteiger partial charge in [0.05, 0.1) is 23.3 Å². The molecule has 2 unspecified atom stereocenters. The van der Waals surface area contributed by atoms with Crippen molar-refractivity contribution in [1.29, 1.82) is 5.41 Å². The van der Waals surface area contributed by atoms with Crippen LogP contribution in [0.2, 0.25) is 0 Å². The lowest BCUT2D eigenvalue weighted by molar-refractivity contribution is -0.214. The summed E-state index contributed by atoms with van der Waals surface area (Å²) in [5.41, 5.74) is -0.152. The van der Waals surface area contributed by atoms with Crippen molar-refractivity contribution in [1.82, 2.24) is 30.4 Å². The highest BCUT2D eigenvalue weighted by molar-refractivity contribution is 5.92. The summed E-state index contributed by atoms with van der Waals surface area (Å²) < 4.78 is 41.0. The van der Waals surface area contributed by atoms with Gasteiger partial charge in [-0.05, 0) is 64.4 Å². The molecule has 334 valence electrons. The number of aromatic nitrogens is 4. The molecule has 0 radical (unpaired) electrons. The van der Waals surface area contributed by atoms with Crippen molar-refractivity contribution in [2.75, 3.05) is 6.54 Å². The van der Waals surface area contributed by atoms with E-state index in [1.165, 1.54) is 55.6 Å². The molecule has 2 amide bonds. The lowest BCUT2D eigenvalue weighted by Crippen LogP contribution is -2.35. The summed E-state index contributed by atoms with van der Waals surface area (Å²) in [6.07, 6.45) is 17.6. The molecule has 0 bridgehead atoms. The monoisotopic (exact) mass is 814 g/mol. The largest absolute Gasteiger partial charge is 0.393 e. The predicted octanol–water partition coefficient (Wildman–Crippen LogP) is 13.1. The van der Waals surface area contributed by atoms with E-state index in [0.29, 0.717) is 29.7 Å². The minimum absolute atomic E-state index is 0.125. The molecule has 1 saturated heterocycles. The molecular weight excluding hydrogens is 728 g/mol. The number of rotatable bonds is 13. The highest BCUT2D eigenvalue weighted by Gasteiger charge is 2.47. The molecule has 0 saturated carbocycles. The first-order valence-corrected chi connectivity index (χ1v) is 21.4. The second kappa shape index (κ2) is 39.2. The molecule has 4 N–H and O–H groups in total. The van der Waals surface area contributed by atoms with E-state index < -0.39 is 17.6 Å². The first-order valence-electron chi connectivity index (χ1n) is 21.4. The number of terminal acetylenes is 1. The van der Waals surface area contributed by atoms with Gasteiger partial charge in [0, 0.05) is 31.4 Å². The third-order valence-electron chi connectivity index (χ3n) is 8.77. The average molecular weight is 814 g/mol. The number of aryl methyl sites for hydroxylation is 2. The molecule has 1 fully saturated rings. The van der Waals surface area contributed by atoms with Gasteiger partial charge >= 0.3 is 6.18 Å².